The molecule has 1 saturated heterocycles. The molecule has 0 unspecified atom stereocenters. The fourth-order valence-electron chi connectivity index (χ4n) is 3.60. The first kappa shape index (κ1) is 20.5. The topological polar surface area (TPSA) is 67.9 Å². The molecule has 2 aromatic rings. The molecule has 2 aromatic carbocycles. The number of anilines is 2. The number of likely N-dealkylation sites (N-methyl/N-ethyl adjacent to an activating group) is 2. The minimum Gasteiger partial charge on any atom is -0.379 e. The van der Waals surface area contributed by atoms with Crippen molar-refractivity contribution in [2.24, 2.45) is 0 Å². The number of rotatable bonds is 9. The summed E-state index contributed by atoms with van der Waals surface area (Å²) in [5.74, 6) is 0. The van der Waals surface area contributed by atoms with Gasteiger partial charge in [-0.1, -0.05) is 30.3 Å². The van der Waals surface area contributed by atoms with Gasteiger partial charge >= 0.3 is 0 Å². The van der Waals surface area contributed by atoms with Gasteiger partial charge in [0.15, 0.2) is 0 Å². The van der Waals surface area contributed by atoms with Gasteiger partial charge in [0.25, 0.3) is 10.9 Å². The fourth-order valence-corrected chi connectivity index (χ4v) is 3.60. The van der Waals surface area contributed by atoms with Gasteiger partial charge in [-0.15, -0.1) is 0 Å². The largest absolute Gasteiger partial charge is 0.379 e. The highest BCUT2D eigenvalue weighted by atomic mass is 16.2. The van der Waals surface area contributed by atoms with Crippen molar-refractivity contribution >= 4 is 11.4 Å². The van der Waals surface area contributed by atoms with E-state index in [0.717, 1.165) is 32.7 Å². The van der Waals surface area contributed by atoms with Crippen LogP contribution < -0.4 is 21.5 Å². The average Bonchev–Trinajstić information content (AvgIpc) is 2.70. The predicted molar refractivity (Wildman–Crippen MR) is 115 cm³/mol. The van der Waals surface area contributed by atoms with Gasteiger partial charge < -0.3 is 20.4 Å². The molecule has 2 N–H and O–H groups in total. The van der Waals surface area contributed by atoms with Crippen molar-refractivity contribution in [3.8, 4) is 0 Å². The summed E-state index contributed by atoms with van der Waals surface area (Å²) in [6.07, 6.45) is 0. The average molecular weight is 386 g/mol. The molecule has 1 aliphatic heterocycles. The van der Waals surface area contributed by atoms with Crippen molar-refractivity contribution < 1.29 is 0 Å². The van der Waals surface area contributed by atoms with E-state index in [4.69, 9.17) is 0 Å². The number of nitrogens with zero attached hydrogens (tertiary/aromatic N) is 3. The third-order valence-electron chi connectivity index (χ3n) is 5.41. The fraction of sp³-hybridized carbons (Fsp3) is 0.524. The van der Waals surface area contributed by atoms with E-state index in [1.807, 2.05) is 37.2 Å². The molecule has 0 amide bonds. The Hall–Kier alpha value is -2.22. The molecule has 3 rings (SSSR count). The van der Waals surface area contributed by atoms with E-state index >= 15 is 0 Å². The van der Waals surface area contributed by atoms with Crippen LogP contribution in [0.25, 0.3) is 0 Å². The molecule has 1 fully saturated rings. The van der Waals surface area contributed by atoms with Crippen molar-refractivity contribution in [3.05, 3.63) is 56.3 Å². The quantitative estimate of drug-likeness (QED) is 0.615. The van der Waals surface area contributed by atoms with Gasteiger partial charge in [-0.05, 0) is 26.7 Å². The number of benzene rings is 1. The SMILES string of the molecule is CN(C)CCNc1c(NC[C@@H](c2ccccc2)N2CCN(C)CC2)c(=O)c1=O. The van der Waals surface area contributed by atoms with Gasteiger partial charge in [-0.3, -0.25) is 14.5 Å². The van der Waals surface area contributed by atoms with E-state index in [1.165, 1.54) is 5.56 Å². The zero-order chi connectivity index (χ0) is 20.1. The molecule has 0 radical (unpaired) electrons. The molecule has 1 atom stereocenters. The van der Waals surface area contributed by atoms with E-state index in [2.05, 4.69) is 39.6 Å². The van der Waals surface area contributed by atoms with E-state index in [1.54, 1.807) is 0 Å². The first-order chi connectivity index (χ1) is 13.5. The predicted octanol–water partition coefficient (Wildman–Crippen LogP) is 0.657. The van der Waals surface area contributed by atoms with Crippen LogP contribution >= 0.6 is 0 Å². The molecule has 1 heterocycles. The molecule has 28 heavy (non-hydrogen) atoms. The van der Waals surface area contributed by atoms with Gasteiger partial charge in [0.2, 0.25) is 0 Å². The van der Waals surface area contributed by atoms with E-state index in [-0.39, 0.29) is 6.04 Å². The maximum atomic E-state index is 12.1. The molecular formula is C21H31N5O2. The third-order valence-corrected chi connectivity index (χ3v) is 5.41. The Morgan fingerprint density at radius 2 is 1.57 bits per heavy atom. The van der Waals surface area contributed by atoms with E-state index in [9.17, 15) is 9.59 Å². The van der Waals surface area contributed by atoms with Crippen LogP contribution in [0.15, 0.2) is 39.9 Å². The van der Waals surface area contributed by atoms with Crippen LogP contribution in [0.2, 0.25) is 0 Å². The van der Waals surface area contributed by atoms with Crippen molar-refractivity contribution in [2.75, 3.05) is 77.6 Å². The van der Waals surface area contributed by atoms with Gasteiger partial charge in [0.05, 0.1) is 6.04 Å². The maximum Gasteiger partial charge on any atom is 0.253 e. The molecule has 7 heteroatoms. The van der Waals surface area contributed by atoms with E-state index < -0.39 is 10.9 Å². The van der Waals surface area contributed by atoms with Crippen LogP contribution in [0.1, 0.15) is 11.6 Å². The second-order valence-corrected chi connectivity index (χ2v) is 7.78. The number of hydrogen-bond acceptors (Lipinski definition) is 7. The second kappa shape index (κ2) is 9.32. The first-order valence-electron chi connectivity index (χ1n) is 9.90. The Labute approximate surface area is 166 Å². The Bertz CT molecular complexity index is 821. The summed E-state index contributed by atoms with van der Waals surface area (Å²) in [6, 6.07) is 10.5. The van der Waals surface area contributed by atoms with Crippen LogP contribution in [0, 0.1) is 0 Å². The lowest BCUT2D eigenvalue weighted by Crippen LogP contribution is -2.48. The number of hydrogen-bond donors (Lipinski definition) is 2. The molecule has 0 saturated carbocycles. The van der Waals surface area contributed by atoms with Crippen LogP contribution in [0.4, 0.5) is 11.4 Å². The van der Waals surface area contributed by atoms with Crippen LogP contribution in [0.3, 0.4) is 0 Å². The second-order valence-electron chi connectivity index (χ2n) is 7.78. The molecule has 0 bridgehead atoms. The van der Waals surface area contributed by atoms with Gasteiger partial charge in [-0.25, -0.2) is 0 Å². The minimum atomic E-state index is -0.419. The summed E-state index contributed by atoms with van der Waals surface area (Å²) in [4.78, 5) is 30.9. The third kappa shape index (κ3) is 4.79. The Morgan fingerprint density at radius 1 is 0.964 bits per heavy atom. The molecule has 152 valence electrons. The standard InChI is InChI=1S/C21H31N5O2/c1-24(2)10-9-22-18-19(21(28)20(18)27)23-15-17(16-7-5-4-6-8-16)26-13-11-25(3)12-14-26/h4-8,17,22-23H,9-15H2,1-3H3/t17-/m0/s1. The summed E-state index contributed by atoms with van der Waals surface area (Å²) in [5, 5.41) is 6.39. The molecule has 0 spiro atoms. The molecule has 0 aromatic heterocycles. The van der Waals surface area contributed by atoms with Gasteiger partial charge in [-0.2, -0.15) is 0 Å². The lowest BCUT2D eigenvalue weighted by molar-refractivity contribution is 0.116. The normalized spacial score (nSPS) is 17.1. The van der Waals surface area contributed by atoms with Crippen molar-refractivity contribution in [1.82, 2.24) is 14.7 Å². The molecule has 7 nitrogen and oxygen atoms in total. The summed E-state index contributed by atoms with van der Waals surface area (Å²) in [7, 11) is 6.09. The van der Waals surface area contributed by atoms with Crippen molar-refractivity contribution in [1.29, 1.82) is 0 Å². The maximum absolute atomic E-state index is 12.1. The highest BCUT2D eigenvalue weighted by molar-refractivity contribution is 5.74. The Balaban J connectivity index is 1.70. The van der Waals surface area contributed by atoms with Crippen LogP contribution in [0.5, 0.6) is 0 Å². The van der Waals surface area contributed by atoms with Gasteiger partial charge in [0.1, 0.15) is 11.4 Å². The Kier molecular flexibility index (Phi) is 6.83. The van der Waals surface area contributed by atoms with Crippen molar-refractivity contribution in [2.45, 2.75) is 6.04 Å². The van der Waals surface area contributed by atoms with Crippen LogP contribution in [-0.4, -0.2) is 81.7 Å². The summed E-state index contributed by atoms with van der Waals surface area (Å²) in [5.41, 5.74) is 1.24. The smallest absolute Gasteiger partial charge is 0.253 e. The Morgan fingerprint density at radius 3 is 2.18 bits per heavy atom. The molecular weight excluding hydrogens is 354 g/mol. The van der Waals surface area contributed by atoms with Crippen molar-refractivity contribution in [3.63, 3.8) is 0 Å². The number of nitrogens with one attached hydrogen (secondary N) is 2. The van der Waals surface area contributed by atoms with Crippen LogP contribution in [-0.2, 0) is 0 Å². The first-order valence-corrected chi connectivity index (χ1v) is 9.90. The lowest BCUT2D eigenvalue weighted by atomic mass is 10.0. The highest BCUT2D eigenvalue weighted by Gasteiger charge is 2.26. The summed E-state index contributed by atoms with van der Waals surface area (Å²) in [6.45, 7) is 6.05. The molecule has 1 aliphatic rings. The monoisotopic (exact) mass is 385 g/mol. The van der Waals surface area contributed by atoms with E-state index in [0.29, 0.717) is 24.5 Å². The lowest BCUT2D eigenvalue weighted by Gasteiger charge is -2.38. The minimum absolute atomic E-state index is 0.161. The van der Waals surface area contributed by atoms with Gasteiger partial charge in [0, 0.05) is 45.8 Å². The summed E-state index contributed by atoms with van der Waals surface area (Å²) >= 11 is 0. The number of piperazine rings is 1. The molecule has 0 aliphatic carbocycles. The highest BCUT2D eigenvalue weighted by Crippen LogP contribution is 2.24. The zero-order valence-corrected chi connectivity index (χ0v) is 17.1. The zero-order valence-electron chi connectivity index (χ0n) is 17.1. The summed E-state index contributed by atoms with van der Waals surface area (Å²) < 4.78 is 0.